The Kier molecular flexibility index (Phi) is 4.19. The van der Waals surface area contributed by atoms with Gasteiger partial charge in [0.2, 0.25) is 5.91 Å². The summed E-state index contributed by atoms with van der Waals surface area (Å²) in [6, 6.07) is 6.99. The number of amides is 3. The van der Waals surface area contributed by atoms with Gasteiger partial charge in [-0.2, -0.15) is 0 Å². The number of carbonyl (C=O) groups excluding carboxylic acids is 2. The van der Waals surface area contributed by atoms with Crippen LogP contribution >= 0.6 is 0 Å². The molecule has 1 aromatic carbocycles. The highest BCUT2D eigenvalue weighted by molar-refractivity contribution is 6.02. The molecule has 1 N–H and O–H groups in total. The molecule has 5 rings (SSSR count). The Bertz CT molecular complexity index is 936. The summed E-state index contributed by atoms with van der Waals surface area (Å²) < 4.78 is 0. The van der Waals surface area contributed by atoms with Gasteiger partial charge in [-0.25, -0.2) is 4.79 Å². The number of nitrogens with one attached hydrogen (secondary N) is 1. The van der Waals surface area contributed by atoms with Crippen molar-refractivity contribution in [1.82, 2.24) is 19.7 Å². The molecule has 2 aromatic rings. The molecule has 0 bridgehead atoms. The predicted molar refractivity (Wildman–Crippen MR) is 108 cm³/mol. The first-order chi connectivity index (χ1) is 13.6. The summed E-state index contributed by atoms with van der Waals surface area (Å²) in [5, 5.41) is 1.40. The van der Waals surface area contributed by atoms with E-state index in [1.165, 1.54) is 26.9 Å². The second-order valence-corrected chi connectivity index (χ2v) is 8.71. The van der Waals surface area contributed by atoms with Crippen LogP contribution in [-0.2, 0) is 11.2 Å². The van der Waals surface area contributed by atoms with E-state index in [1.54, 1.807) is 4.90 Å². The Balaban J connectivity index is 1.38. The highest BCUT2D eigenvalue weighted by atomic mass is 16.2. The van der Waals surface area contributed by atoms with Crippen molar-refractivity contribution in [1.29, 1.82) is 0 Å². The lowest BCUT2D eigenvalue weighted by Crippen LogP contribution is -2.50. The van der Waals surface area contributed by atoms with Crippen LogP contribution in [-0.4, -0.2) is 70.9 Å². The van der Waals surface area contributed by atoms with E-state index in [0.717, 1.165) is 25.8 Å². The molecular formula is C22H28N4O2. The summed E-state index contributed by atoms with van der Waals surface area (Å²) in [6.45, 7) is 4.42. The number of hydrogen-bond acceptors (Lipinski definition) is 3. The maximum Gasteiger partial charge on any atom is 0.327 e. The highest BCUT2D eigenvalue weighted by Crippen LogP contribution is 2.44. The van der Waals surface area contributed by atoms with Gasteiger partial charge in [0.15, 0.2) is 0 Å². The van der Waals surface area contributed by atoms with Gasteiger partial charge in [0, 0.05) is 48.7 Å². The number of aromatic nitrogens is 1. The average molecular weight is 380 g/mol. The van der Waals surface area contributed by atoms with Gasteiger partial charge in [0.25, 0.3) is 0 Å². The van der Waals surface area contributed by atoms with Crippen LogP contribution in [0.15, 0.2) is 24.4 Å². The molecular weight excluding hydrogens is 352 g/mol. The molecule has 3 amide bonds. The molecule has 28 heavy (non-hydrogen) atoms. The number of aromatic amines is 1. The van der Waals surface area contributed by atoms with Crippen molar-refractivity contribution in [3.63, 3.8) is 0 Å². The van der Waals surface area contributed by atoms with Crippen LogP contribution in [0.2, 0.25) is 0 Å². The molecule has 148 valence electrons. The van der Waals surface area contributed by atoms with E-state index in [-0.39, 0.29) is 18.5 Å². The number of likely N-dealkylation sites (tertiary alicyclic amines) is 1. The molecule has 6 heteroatoms. The first-order valence-corrected chi connectivity index (χ1v) is 10.4. The van der Waals surface area contributed by atoms with Crippen LogP contribution in [0, 0.1) is 5.92 Å². The SMILES string of the molecule is CCCN1C(=O)CN(C[C@@H]2C[C@@H]3c4cccc5[nH]cc(c45)C[C@H]3N(C)C2)C1=O. The van der Waals surface area contributed by atoms with Crippen LogP contribution in [0.1, 0.15) is 36.8 Å². The molecule has 3 atom stereocenters. The quantitative estimate of drug-likeness (QED) is 0.830. The number of nitrogens with zero attached hydrogens (tertiary/aromatic N) is 3. The van der Waals surface area contributed by atoms with Crippen molar-refractivity contribution in [2.45, 2.75) is 38.1 Å². The van der Waals surface area contributed by atoms with Crippen molar-refractivity contribution in [3.05, 3.63) is 35.5 Å². The topological polar surface area (TPSA) is 59.7 Å². The molecule has 0 spiro atoms. The lowest BCUT2D eigenvalue weighted by Gasteiger charge is -2.46. The monoisotopic (exact) mass is 380 g/mol. The summed E-state index contributed by atoms with van der Waals surface area (Å²) in [5.41, 5.74) is 4.09. The first-order valence-electron chi connectivity index (χ1n) is 10.4. The van der Waals surface area contributed by atoms with Gasteiger partial charge in [0.1, 0.15) is 6.54 Å². The van der Waals surface area contributed by atoms with E-state index >= 15 is 0 Å². The molecule has 1 aromatic heterocycles. The molecule has 6 nitrogen and oxygen atoms in total. The molecule has 3 aliphatic rings. The van der Waals surface area contributed by atoms with Crippen LogP contribution in [0.3, 0.4) is 0 Å². The van der Waals surface area contributed by atoms with Crippen molar-refractivity contribution >= 4 is 22.8 Å². The largest absolute Gasteiger partial charge is 0.361 e. The number of H-pyrrole nitrogens is 1. The van der Waals surface area contributed by atoms with Crippen molar-refractivity contribution in [3.8, 4) is 0 Å². The van der Waals surface area contributed by atoms with Gasteiger partial charge in [-0.3, -0.25) is 9.69 Å². The molecule has 3 heterocycles. The van der Waals surface area contributed by atoms with Crippen LogP contribution in [0.25, 0.3) is 10.9 Å². The molecule has 2 fully saturated rings. The Morgan fingerprint density at radius 1 is 1.25 bits per heavy atom. The Labute approximate surface area is 165 Å². The number of hydrogen-bond donors (Lipinski definition) is 1. The van der Waals surface area contributed by atoms with E-state index in [4.69, 9.17) is 0 Å². The van der Waals surface area contributed by atoms with E-state index in [9.17, 15) is 9.59 Å². The lowest BCUT2D eigenvalue weighted by atomic mass is 9.72. The fraction of sp³-hybridized carbons (Fsp3) is 0.545. The minimum atomic E-state index is -0.102. The number of likely N-dealkylation sites (N-methyl/N-ethyl adjacent to an activating group) is 1. The molecule has 2 aliphatic heterocycles. The maximum absolute atomic E-state index is 12.6. The Morgan fingerprint density at radius 2 is 2.11 bits per heavy atom. The molecule has 0 radical (unpaired) electrons. The minimum absolute atomic E-state index is 0.0479. The third-order valence-electron chi connectivity index (χ3n) is 6.87. The van der Waals surface area contributed by atoms with Crippen LogP contribution in [0.5, 0.6) is 0 Å². The molecule has 2 saturated heterocycles. The minimum Gasteiger partial charge on any atom is -0.361 e. The highest BCUT2D eigenvalue weighted by Gasteiger charge is 2.42. The van der Waals surface area contributed by atoms with E-state index in [0.29, 0.717) is 31.0 Å². The van der Waals surface area contributed by atoms with Gasteiger partial charge in [-0.1, -0.05) is 19.1 Å². The number of fused-ring (bicyclic) bond motifs is 2. The zero-order valence-corrected chi connectivity index (χ0v) is 16.6. The predicted octanol–water partition coefficient (Wildman–Crippen LogP) is 2.80. The number of urea groups is 1. The standard InChI is InChI=1S/C22H28N4O2/c1-3-7-26-20(27)13-25(22(26)28)12-14-8-17-16-5-4-6-18-21(16)15(10-23-18)9-19(17)24(2)11-14/h4-6,10,14,17,19,23H,3,7-9,11-13H2,1-2H3/t14-,17-,19-/m1/s1. The third-order valence-corrected chi connectivity index (χ3v) is 6.87. The molecule has 0 saturated carbocycles. The Hall–Kier alpha value is -2.34. The van der Waals surface area contributed by atoms with Gasteiger partial charge in [0.05, 0.1) is 0 Å². The zero-order chi connectivity index (χ0) is 19.4. The summed E-state index contributed by atoms with van der Waals surface area (Å²) in [5.74, 6) is 0.824. The zero-order valence-electron chi connectivity index (χ0n) is 16.6. The number of imide groups is 1. The van der Waals surface area contributed by atoms with Gasteiger partial charge < -0.3 is 14.8 Å². The number of piperidine rings is 1. The van der Waals surface area contributed by atoms with E-state index < -0.39 is 0 Å². The molecule has 0 unspecified atom stereocenters. The maximum atomic E-state index is 12.6. The number of benzene rings is 1. The Morgan fingerprint density at radius 3 is 2.93 bits per heavy atom. The van der Waals surface area contributed by atoms with E-state index in [1.807, 2.05) is 6.92 Å². The van der Waals surface area contributed by atoms with Crippen molar-refractivity contribution < 1.29 is 9.59 Å². The smallest absolute Gasteiger partial charge is 0.327 e. The van der Waals surface area contributed by atoms with Gasteiger partial charge >= 0.3 is 6.03 Å². The van der Waals surface area contributed by atoms with Gasteiger partial charge in [-0.15, -0.1) is 0 Å². The molecule has 1 aliphatic carbocycles. The summed E-state index contributed by atoms with van der Waals surface area (Å²) in [4.78, 5) is 33.9. The third kappa shape index (κ3) is 2.65. The average Bonchev–Trinajstić information content (AvgIpc) is 3.21. The summed E-state index contributed by atoms with van der Waals surface area (Å²) in [6.07, 6.45) is 5.13. The number of rotatable bonds is 4. The first kappa shape index (κ1) is 17.7. The van der Waals surface area contributed by atoms with Gasteiger partial charge in [-0.05, 0) is 49.4 Å². The summed E-state index contributed by atoms with van der Waals surface area (Å²) >= 11 is 0. The second-order valence-electron chi connectivity index (χ2n) is 8.71. The fourth-order valence-electron chi connectivity index (χ4n) is 5.68. The van der Waals surface area contributed by atoms with Crippen LogP contribution < -0.4 is 0 Å². The fourth-order valence-corrected chi connectivity index (χ4v) is 5.68. The second kappa shape index (κ2) is 6.62. The van der Waals surface area contributed by atoms with Crippen LogP contribution in [0.4, 0.5) is 4.79 Å². The summed E-state index contributed by atoms with van der Waals surface area (Å²) in [7, 11) is 2.21. The van der Waals surface area contributed by atoms with Crippen molar-refractivity contribution in [2.75, 3.05) is 33.2 Å². The number of carbonyl (C=O) groups is 2. The van der Waals surface area contributed by atoms with E-state index in [2.05, 4.69) is 41.3 Å². The normalized spacial score (nSPS) is 27.7. The van der Waals surface area contributed by atoms with Crippen molar-refractivity contribution in [2.24, 2.45) is 5.92 Å². The lowest BCUT2D eigenvalue weighted by molar-refractivity contribution is -0.125.